The minimum Gasteiger partial charge on any atom is -0.382 e. The molecule has 4 N–H and O–H groups in total. The smallest absolute Gasteiger partial charge is 0.226 e. The molecule has 2 rings (SSSR count). The molecule has 0 radical (unpaired) electrons. The van der Waals surface area contributed by atoms with Gasteiger partial charge in [0.1, 0.15) is 5.82 Å². The highest BCUT2D eigenvalue weighted by Crippen LogP contribution is 2.18. The summed E-state index contributed by atoms with van der Waals surface area (Å²) in [6, 6.07) is 2.08. The minimum absolute atomic E-state index is 0.0335. The SMILES string of the molecule is Nc1cc(CC(=O)NC2CC2)[nH]n1. The Hall–Kier alpha value is -1.52. The van der Waals surface area contributed by atoms with Crippen LogP contribution in [0.15, 0.2) is 6.07 Å². The van der Waals surface area contributed by atoms with Crippen LogP contribution in [0.4, 0.5) is 5.82 Å². The molecule has 1 amide bonds. The standard InChI is InChI=1S/C8H12N4O/c9-7-3-6(11-12-7)4-8(13)10-5-1-2-5/h3,5H,1-2,4H2,(H,10,13)(H3,9,11,12). The van der Waals surface area contributed by atoms with Crippen molar-refractivity contribution in [3.05, 3.63) is 11.8 Å². The fraction of sp³-hybridized carbons (Fsp3) is 0.500. The third-order valence-corrected chi connectivity index (χ3v) is 1.94. The summed E-state index contributed by atoms with van der Waals surface area (Å²) in [5, 5.41) is 9.32. The zero-order valence-corrected chi connectivity index (χ0v) is 7.21. The van der Waals surface area contributed by atoms with Crippen molar-refractivity contribution in [1.82, 2.24) is 15.5 Å². The van der Waals surface area contributed by atoms with Gasteiger partial charge in [-0.05, 0) is 12.8 Å². The van der Waals surface area contributed by atoms with Crippen LogP contribution in [-0.4, -0.2) is 22.1 Å². The summed E-state index contributed by atoms with van der Waals surface area (Å²) in [4.78, 5) is 11.3. The van der Waals surface area contributed by atoms with Crippen LogP contribution in [0.5, 0.6) is 0 Å². The predicted molar refractivity (Wildman–Crippen MR) is 47.9 cm³/mol. The summed E-state index contributed by atoms with van der Waals surface area (Å²) in [6.45, 7) is 0. The first kappa shape index (κ1) is 8.10. The molecule has 5 heteroatoms. The van der Waals surface area contributed by atoms with Crippen molar-refractivity contribution >= 4 is 11.7 Å². The molecule has 1 aromatic heterocycles. The number of rotatable bonds is 3. The van der Waals surface area contributed by atoms with Gasteiger partial charge in [-0.15, -0.1) is 0 Å². The Kier molecular flexibility index (Phi) is 1.92. The second-order valence-corrected chi connectivity index (χ2v) is 3.34. The molecule has 0 spiro atoms. The Morgan fingerprint density at radius 2 is 2.54 bits per heavy atom. The largest absolute Gasteiger partial charge is 0.382 e. The minimum atomic E-state index is 0.0335. The molecule has 13 heavy (non-hydrogen) atoms. The summed E-state index contributed by atoms with van der Waals surface area (Å²) in [7, 11) is 0. The molecule has 1 aliphatic carbocycles. The van der Waals surface area contributed by atoms with Gasteiger partial charge < -0.3 is 11.1 Å². The molecule has 1 aliphatic rings. The Labute approximate surface area is 75.7 Å². The number of aromatic amines is 1. The molecule has 0 aliphatic heterocycles. The van der Waals surface area contributed by atoms with E-state index < -0.39 is 0 Å². The van der Waals surface area contributed by atoms with Crippen molar-refractivity contribution in [2.24, 2.45) is 0 Å². The van der Waals surface area contributed by atoms with Gasteiger partial charge in [0.2, 0.25) is 5.91 Å². The van der Waals surface area contributed by atoms with Crippen LogP contribution in [0.1, 0.15) is 18.5 Å². The predicted octanol–water partition coefficient (Wildman–Crippen LogP) is -0.187. The Morgan fingerprint density at radius 1 is 1.77 bits per heavy atom. The van der Waals surface area contributed by atoms with E-state index in [1.807, 2.05) is 0 Å². The van der Waals surface area contributed by atoms with Gasteiger partial charge in [-0.3, -0.25) is 9.89 Å². The molecular weight excluding hydrogens is 168 g/mol. The van der Waals surface area contributed by atoms with Crippen molar-refractivity contribution < 1.29 is 4.79 Å². The van der Waals surface area contributed by atoms with Gasteiger partial charge in [-0.25, -0.2) is 0 Å². The highest BCUT2D eigenvalue weighted by atomic mass is 16.1. The fourth-order valence-electron chi connectivity index (χ4n) is 1.15. The topological polar surface area (TPSA) is 83.8 Å². The zero-order valence-electron chi connectivity index (χ0n) is 7.21. The summed E-state index contributed by atoms with van der Waals surface area (Å²) < 4.78 is 0. The number of carbonyl (C=O) groups is 1. The van der Waals surface area contributed by atoms with E-state index in [0.717, 1.165) is 18.5 Å². The lowest BCUT2D eigenvalue weighted by Crippen LogP contribution is -2.27. The maximum atomic E-state index is 11.3. The van der Waals surface area contributed by atoms with Crippen molar-refractivity contribution in [1.29, 1.82) is 0 Å². The van der Waals surface area contributed by atoms with Gasteiger partial charge in [0, 0.05) is 17.8 Å². The molecule has 1 heterocycles. The maximum absolute atomic E-state index is 11.3. The second kappa shape index (κ2) is 3.08. The number of nitrogen functional groups attached to an aromatic ring is 1. The monoisotopic (exact) mass is 180 g/mol. The van der Waals surface area contributed by atoms with Gasteiger partial charge in [0.15, 0.2) is 0 Å². The van der Waals surface area contributed by atoms with Crippen LogP contribution < -0.4 is 11.1 Å². The number of hydrogen-bond acceptors (Lipinski definition) is 3. The maximum Gasteiger partial charge on any atom is 0.226 e. The van der Waals surface area contributed by atoms with Crippen molar-refractivity contribution in [3.63, 3.8) is 0 Å². The van der Waals surface area contributed by atoms with Gasteiger partial charge in [-0.2, -0.15) is 5.10 Å². The van der Waals surface area contributed by atoms with E-state index in [-0.39, 0.29) is 5.91 Å². The first-order chi connectivity index (χ1) is 6.24. The van der Waals surface area contributed by atoms with Gasteiger partial charge >= 0.3 is 0 Å². The number of amides is 1. The van der Waals surface area contributed by atoms with E-state index in [0.29, 0.717) is 18.3 Å². The number of H-pyrrole nitrogens is 1. The molecule has 0 bridgehead atoms. The molecule has 0 saturated heterocycles. The van der Waals surface area contributed by atoms with Gasteiger partial charge in [0.25, 0.3) is 0 Å². The molecule has 1 aromatic rings. The second-order valence-electron chi connectivity index (χ2n) is 3.34. The summed E-state index contributed by atoms with van der Waals surface area (Å²) in [6.07, 6.45) is 2.55. The number of hydrogen-bond donors (Lipinski definition) is 3. The highest BCUT2D eigenvalue weighted by molar-refractivity contribution is 5.78. The van der Waals surface area contributed by atoms with E-state index in [1.165, 1.54) is 0 Å². The normalized spacial score (nSPS) is 15.7. The first-order valence-electron chi connectivity index (χ1n) is 4.33. The third kappa shape index (κ3) is 2.21. The fourth-order valence-corrected chi connectivity index (χ4v) is 1.15. The van der Waals surface area contributed by atoms with E-state index in [1.54, 1.807) is 6.07 Å². The molecule has 1 saturated carbocycles. The van der Waals surface area contributed by atoms with Crippen molar-refractivity contribution in [3.8, 4) is 0 Å². The van der Waals surface area contributed by atoms with Crippen molar-refractivity contribution in [2.75, 3.05) is 5.73 Å². The van der Waals surface area contributed by atoms with E-state index >= 15 is 0 Å². The number of aromatic nitrogens is 2. The number of anilines is 1. The van der Waals surface area contributed by atoms with E-state index in [9.17, 15) is 4.79 Å². The first-order valence-corrected chi connectivity index (χ1v) is 4.33. The Balaban J connectivity index is 1.85. The lowest BCUT2D eigenvalue weighted by molar-refractivity contribution is -0.120. The molecular formula is C8H12N4O. The summed E-state index contributed by atoms with van der Waals surface area (Å²) in [5.41, 5.74) is 6.15. The number of nitrogens with zero attached hydrogens (tertiary/aromatic N) is 1. The van der Waals surface area contributed by atoms with Crippen LogP contribution >= 0.6 is 0 Å². The van der Waals surface area contributed by atoms with Gasteiger partial charge in [-0.1, -0.05) is 0 Å². The third-order valence-electron chi connectivity index (χ3n) is 1.94. The van der Waals surface area contributed by atoms with Crippen LogP contribution in [0, 0.1) is 0 Å². The highest BCUT2D eigenvalue weighted by Gasteiger charge is 2.23. The van der Waals surface area contributed by atoms with Crippen LogP contribution in [0.3, 0.4) is 0 Å². The van der Waals surface area contributed by atoms with Crippen LogP contribution in [0.2, 0.25) is 0 Å². The van der Waals surface area contributed by atoms with Gasteiger partial charge in [0.05, 0.1) is 6.42 Å². The lowest BCUT2D eigenvalue weighted by atomic mass is 10.3. The molecule has 0 aromatic carbocycles. The summed E-state index contributed by atoms with van der Waals surface area (Å²) >= 11 is 0. The molecule has 70 valence electrons. The number of carbonyl (C=O) groups excluding carboxylic acids is 1. The summed E-state index contributed by atoms with van der Waals surface area (Å²) in [5.74, 6) is 0.459. The van der Waals surface area contributed by atoms with Crippen LogP contribution in [0.25, 0.3) is 0 Å². The van der Waals surface area contributed by atoms with E-state index in [4.69, 9.17) is 5.73 Å². The van der Waals surface area contributed by atoms with Crippen LogP contribution in [-0.2, 0) is 11.2 Å². The van der Waals surface area contributed by atoms with E-state index in [2.05, 4.69) is 15.5 Å². The average Bonchev–Trinajstić information content (AvgIpc) is 2.76. The lowest BCUT2D eigenvalue weighted by Gasteiger charge is -1.99. The van der Waals surface area contributed by atoms with Crippen molar-refractivity contribution in [2.45, 2.75) is 25.3 Å². The molecule has 0 unspecified atom stereocenters. The molecule has 5 nitrogen and oxygen atoms in total. The quantitative estimate of drug-likeness (QED) is 0.603. The Morgan fingerprint density at radius 3 is 3.08 bits per heavy atom. The number of nitrogens with two attached hydrogens (primary N) is 1. The Bertz CT molecular complexity index is 316. The number of nitrogens with one attached hydrogen (secondary N) is 2. The molecule has 0 atom stereocenters. The average molecular weight is 180 g/mol. The zero-order chi connectivity index (χ0) is 9.26. The molecule has 1 fully saturated rings.